The molecule has 0 aliphatic carbocycles. The largest absolute Gasteiger partial charge is 0.508 e. The molecule has 38 heavy (non-hydrogen) atoms. The summed E-state index contributed by atoms with van der Waals surface area (Å²) >= 11 is 0. The van der Waals surface area contributed by atoms with Gasteiger partial charge in [0.1, 0.15) is 22.8 Å². The molecule has 2 heterocycles. The van der Waals surface area contributed by atoms with E-state index >= 15 is 0 Å². The van der Waals surface area contributed by atoms with Crippen LogP contribution in [0, 0.1) is 0 Å². The van der Waals surface area contributed by atoms with Crippen molar-refractivity contribution in [3.63, 3.8) is 0 Å². The molecule has 0 saturated heterocycles. The van der Waals surface area contributed by atoms with Gasteiger partial charge in [-0.2, -0.15) is 0 Å². The molecule has 0 spiro atoms. The van der Waals surface area contributed by atoms with Crippen LogP contribution >= 0.6 is 0 Å². The Kier molecular flexibility index (Phi) is 7.47. The summed E-state index contributed by atoms with van der Waals surface area (Å²) in [5, 5.41) is 52.9. The Labute approximate surface area is 221 Å². The molecule has 1 aliphatic heterocycles. The Bertz CT molecular complexity index is 1440. The number of aromatic carboxylic acids is 1. The van der Waals surface area contributed by atoms with E-state index in [1.165, 1.54) is 33.9 Å². The summed E-state index contributed by atoms with van der Waals surface area (Å²) in [6, 6.07) is 5.22. The number of aliphatic hydroxyl groups excluding tert-OH is 1. The second-order valence-corrected chi connectivity index (χ2v) is 10.5. The molecule has 2 atom stereocenters. The standard InChI is InChI=1S/C30H35NO7/c1-17(2)7-5-8-18(3)9-6-12-30(4)26(34)15-22-25(33)14-20-23(27(22)38-30)16-31(28(20)35)24-11-10-19(32)13-21(24)29(36)37/h7,9-11,13-14,16,26,32-35H,5-6,8,12,15H2,1-4H3,(H,36,37)/t26-,30-/m0/s1. The second-order valence-electron chi connectivity index (χ2n) is 10.5. The van der Waals surface area contributed by atoms with Crippen LogP contribution in [-0.4, -0.2) is 47.8 Å². The zero-order valence-electron chi connectivity index (χ0n) is 22.2. The quantitative estimate of drug-likeness (QED) is 0.231. The Hall–Kier alpha value is -3.91. The number of benzene rings is 2. The molecule has 1 aliphatic rings. The van der Waals surface area contributed by atoms with Crippen LogP contribution in [0.15, 0.2) is 53.8 Å². The van der Waals surface area contributed by atoms with Gasteiger partial charge in [0.15, 0.2) is 0 Å². The molecular weight excluding hydrogens is 486 g/mol. The van der Waals surface area contributed by atoms with Crippen molar-refractivity contribution in [2.24, 2.45) is 0 Å². The molecule has 202 valence electrons. The van der Waals surface area contributed by atoms with Gasteiger partial charge in [-0.3, -0.25) is 4.57 Å². The molecule has 5 N–H and O–H groups in total. The first-order chi connectivity index (χ1) is 17.9. The normalized spacial score (nSPS) is 19.2. The third kappa shape index (κ3) is 5.22. The van der Waals surface area contributed by atoms with E-state index in [0.29, 0.717) is 29.5 Å². The third-order valence-corrected chi connectivity index (χ3v) is 7.26. The zero-order chi connectivity index (χ0) is 27.8. The maximum Gasteiger partial charge on any atom is 0.337 e. The summed E-state index contributed by atoms with van der Waals surface area (Å²) in [5.41, 5.74) is 1.99. The number of aromatic hydroxyl groups is 3. The fourth-order valence-electron chi connectivity index (χ4n) is 4.96. The number of carboxylic acids is 1. The van der Waals surface area contributed by atoms with Crippen molar-refractivity contribution in [2.45, 2.75) is 71.5 Å². The number of ether oxygens (including phenoxy) is 1. The van der Waals surface area contributed by atoms with Crippen LogP contribution in [0.25, 0.3) is 16.5 Å². The highest BCUT2D eigenvalue weighted by Gasteiger charge is 2.41. The number of phenolic OH excluding ortho intramolecular Hbond substituents is 2. The molecular formula is C30H35NO7. The van der Waals surface area contributed by atoms with Crippen LogP contribution < -0.4 is 4.74 Å². The van der Waals surface area contributed by atoms with Gasteiger partial charge in [-0.25, -0.2) is 4.79 Å². The molecule has 4 rings (SSSR count). The van der Waals surface area contributed by atoms with E-state index in [0.717, 1.165) is 18.9 Å². The van der Waals surface area contributed by atoms with Crippen molar-refractivity contribution < 1.29 is 35.1 Å². The van der Waals surface area contributed by atoms with Gasteiger partial charge in [-0.15, -0.1) is 0 Å². The van der Waals surface area contributed by atoms with Gasteiger partial charge in [0.05, 0.1) is 22.7 Å². The number of hydrogen-bond acceptors (Lipinski definition) is 6. The lowest BCUT2D eigenvalue weighted by molar-refractivity contribution is -0.0581. The number of phenols is 2. The summed E-state index contributed by atoms with van der Waals surface area (Å²) in [6.07, 6.45) is 8.42. The van der Waals surface area contributed by atoms with Crippen molar-refractivity contribution in [2.75, 3.05) is 0 Å². The van der Waals surface area contributed by atoms with E-state index in [2.05, 4.69) is 32.9 Å². The fourth-order valence-corrected chi connectivity index (χ4v) is 4.96. The Morgan fingerprint density at radius 3 is 2.53 bits per heavy atom. The molecule has 1 aromatic heterocycles. The zero-order valence-corrected chi connectivity index (χ0v) is 22.2. The summed E-state index contributed by atoms with van der Waals surface area (Å²) in [6.45, 7) is 8.09. The smallest absolute Gasteiger partial charge is 0.337 e. The fraction of sp³-hybridized carbons (Fsp3) is 0.367. The Morgan fingerprint density at radius 1 is 1.11 bits per heavy atom. The summed E-state index contributed by atoms with van der Waals surface area (Å²) in [5.74, 6) is -1.54. The van der Waals surface area contributed by atoms with E-state index < -0.39 is 17.7 Å². The summed E-state index contributed by atoms with van der Waals surface area (Å²) in [4.78, 5) is 11.8. The first-order valence-electron chi connectivity index (χ1n) is 12.7. The lowest BCUT2D eigenvalue weighted by atomic mass is 9.84. The van der Waals surface area contributed by atoms with Gasteiger partial charge in [0.25, 0.3) is 0 Å². The topological polar surface area (TPSA) is 132 Å². The van der Waals surface area contributed by atoms with Crippen LogP contribution in [0.4, 0.5) is 0 Å². The van der Waals surface area contributed by atoms with Crippen molar-refractivity contribution in [1.82, 2.24) is 4.57 Å². The predicted octanol–water partition coefficient (Wildman–Crippen LogP) is 5.97. The summed E-state index contributed by atoms with van der Waals surface area (Å²) < 4.78 is 7.68. The first-order valence-corrected chi connectivity index (χ1v) is 12.7. The molecule has 0 unspecified atom stereocenters. The number of rotatable bonds is 8. The van der Waals surface area contributed by atoms with Crippen LogP contribution in [0.3, 0.4) is 0 Å². The van der Waals surface area contributed by atoms with Gasteiger partial charge in [-0.05, 0) is 77.6 Å². The molecule has 0 saturated carbocycles. The lowest BCUT2D eigenvalue weighted by Gasteiger charge is -2.40. The molecule has 0 fully saturated rings. The molecule has 8 nitrogen and oxygen atoms in total. The number of hydrogen-bond donors (Lipinski definition) is 5. The van der Waals surface area contributed by atoms with Gasteiger partial charge >= 0.3 is 5.97 Å². The average Bonchev–Trinajstić information content (AvgIpc) is 3.16. The number of carbonyl (C=O) groups is 1. The van der Waals surface area contributed by atoms with E-state index in [4.69, 9.17) is 4.74 Å². The minimum absolute atomic E-state index is 0.124. The Balaban J connectivity index is 1.69. The van der Waals surface area contributed by atoms with Gasteiger partial charge < -0.3 is 30.3 Å². The maximum atomic E-state index is 11.8. The minimum atomic E-state index is -1.27. The molecule has 8 heteroatoms. The van der Waals surface area contributed by atoms with Crippen LogP contribution in [0.2, 0.25) is 0 Å². The Morgan fingerprint density at radius 2 is 1.84 bits per heavy atom. The molecule has 2 aromatic carbocycles. The van der Waals surface area contributed by atoms with Crippen molar-refractivity contribution >= 4 is 16.7 Å². The molecule has 3 aromatic rings. The van der Waals surface area contributed by atoms with Crippen LogP contribution in [-0.2, 0) is 6.42 Å². The second kappa shape index (κ2) is 10.5. The van der Waals surface area contributed by atoms with Crippen LogP contribution in [0.1, 0.15) is 69.3 Å². The number of allylic oxidation sites excluding steroid dienone is 4. The minimum Gasteiger partial charge on any atom is -0.508 e. The number of fused-ring (bicyclic) bond motifs is 3. The average molecular weight is 522 g/mol. The van der Waals surface area contributed by atoms with E-state index in [1.54, 1.807) is 6.20 Å². The SMILES string of the molecule is CC(C)=CCCC(C)=CCC[C@]1(C)Oc2c(c(O)cc3c(O)n(-c4ccc(O)cc4C(=O)O)cc23)C[C@@H]1O. The van der Waals surface area contributed by atoms with E-state index in [-0.39, 0.29) is 40.4 Å². The molecule has 0 amide bonds. The highest BCUT2D eigenvalue weighted by molar-refractivity contribution is 5.98. The van der Waals surface area contributed by atoms with E-state index in [1.807, 2.05) is 6.92 Å². The number of nitrogens with zero attached hydrogens (tertiary/aromatic N) is 1. The maximum absolute atomic E-state index is 11.8. The van der Waals surface area contributed by atoms with Crippen LogP contribution in [0.5, 0.6) is 23.1 Å². The van der Waals surface area contributed by atoms with Crippen molar-refractivity contribution in [3.05, 3.63) is 64.9 Å². The summed E-state index contributed by atoms with van der Waals surface area (Å²) in [7, 11) is 0. The first kappa shape index (κ1) is 27.1. The highest BCUT2D eigenvalue weighted by atomic mass is 16.5. The number of carboxylic acid groups (broad SMARTS) is 1. The third-order valence-electron chi connectivity index (χ3n) is 7.26. The number of aliphatic hydroxyl groups is 1. The highest BCUT2D eigenvalue weighted by Crippen LogP contribution is 2.48. The molecule has 0 radical (unpaired) electrons. The van der Waals surface area contributed by atoms with Gasteiger partial charge in [0, 0.05) is 23.6 Å². The van der Waals surface area contributed by atoms with Gasteiger partial charge in [-0.1, -0.05) is 23.3 Å². The lowest BCUT2D eigenvalue weighted by Crippen LogP contribution is -2.48. The van der Waals surface area contributed by atoms with Crippen molar-refractivity contribution in [1.29, 1.82) is 0 Å². The van der Waals surface area contributed by atoms with Gasteiger partial charge in [0.2, 0.25) is 5.88 Å². The monoisotopic (exact) mass is 521 g/mol. The van der Waals surface area contributed by atoms with Crippen molar-refractivity contribution in [3.8, 4) is 28.8 Å². The predicted molar refractivity (Wildman–Crippen MR) is 146 cm³/mol. The molecule has 0 bridgehead atoms. The number of aromatic nitrogens is 1. The van der Waals surface area contributed by atoms with E-state index in [9.17, 15) is 30.3 Å².